The average Bonchev–Trinajstić information content (AvgIpc) is 2.92. The second-order valence-electron chi connectivity index (χ2n) is 17.7. The van der Waals surface area contributed by atoms with Gasteiger partial charge in [0.15, 0.2) is 0 Å². The fourth-order valence-corrected chi connectivity index (χ4v) is 12.2. The summed E-state index contributed by atoms with van der Waals surface area (Å²) in [6.07, 6.45) is 14.3. The number of allylic oxidation sites excluding steroid dienone is 2. The van der Waals surface area contributed by atoms with Gasteiger partial charge in [-0.2, -0.15) is 0 Å². The first-order valence-corrected chi connectivity index (χ1v) is 17.6. The molecule has 0 aromatic heterocycles. The molecule has 6 aliphatic rings. The van der Waals surface area contributed by atoms with Crippen LogP contribution in [0.4, 0.5) is 0 Å². The molecule has 1 heterocycles. The van der Waals surface area contributed by atoms with Gasteiger partial charge in [0, 0.05) is 31.1 Å². The fraction of sp³-hybridized carbons (Fsp3) is 0.892. The Morgan fingerprint density at radius 3 is 2.48 bits per heavy atom. The molecule has 5 heteroatoms. The third kappa shape index (κ3) is 4.24. The van der Waals surface area contributed by atoms with Crippen molar-refractivity contribution in [2.45, 2.75) is 133 Å². The van der Waals surface area contributed by atoms with Crippen LogP contribution < -0.4 is 5.32 Å². The Kier molecular flexibility index (Phi) is 7.35. The number of nitrogens with zero attached hydrogens (tertiary/aromatic N) is 2. The van der Waals surface area contributed by atoms with Gasteiger partial charge in [0.1, 0.15) is 6.61 Å². The van der Waals surface area contributed by atoms with E-state index < -0.39 is 0 Å². The van der Waals surface area contributed by atoms with Crippen LogP contribution in [-0.2, 0) is 9.63 Å². The minimum Gasteiger partial charge on any atom is -0.396 e. The van der Waals surface area contributed by atoms with Crippen LogP contribution in [0.2, 0.25) is 0 Å². The number of nitrogens with one attached hydrogen (secondary N) is 1. The highest BCUT2D eigenvalue weighted by Crippen LogP contribution is 2.75. The second-order valence-corrected chi connectivity index (χ2v) is 17.7. The molecule has 5 nitrogen and oxygen atoms in total. The third-order valence-electron chi connectivity index (χ3n) is 14.8. The van der Waals surface area contributed by atoms with Crippen molar-refractivity contribution in [2.75, 3.05) is 26.2 Å². The number of amides is 1. The standard InChI is InChI=1S/C37H61N3O2/c1-10-42-39-30-14-15-34(7)28(33(30,5)6)13-16-36(9)29(34)12-11-26-27-23-32(3,4)17-19-37(27,20-18-35(26,36)8)31(41)40-22-21-38-25(2)24-40/h11,25,27-29,38H,10,12-24H2,1-9H3/b39-30+/t25?,27?,28?,29?,34-,35+,36+,37?/m0/s1. The van der Waals surface area contributed by atoms with Crippen molar-refractivity contribution in [2.24, 2.45) is 55.4 Å². The summed E-state index contributed by atoms with van der Waals surface area (Å²) in [7, 11) is 0. The van der Waals surface area contributed by atoms with Crippen molar-refractivity contribution < 1.29 is 9.63 Å². The summed E-state index contributed by atoms with van der Waals surface area (Å²) in [6.45, 7) is 25.4. The number of hydrogen-bond acceptors (Lipinski definition) is 4. The molecule has 0 spiro atoms. The zero-order chi connectivity index (χ0) is 30.3. The first kappa shape index (κ1) is 30.7. The molecule has 6 rings (SSSR count). The van der Waals surface area contributed by atoms with Gasteiger partial charge in [-0.25, -0.2) is 0 Å². The third-order valence-corrected chi connectivity index (χ3v) is 14.8. The number of rotatable bonds is 3. The van der Waals surface area contributed by atoms with E-state index in [0.29, 0.717) is 41.7 Å². The van der Waals surface area contributed by atoms with Gasteiger partial charge in [0.25, 0.3) is 0 Å². The lowest BCUT2D eigenvalue weighted by Crippen LogP contribution is -2.66. The molecule has 0 bridgehead atoms. The zero-order valence-corrected chi connectivity index (χ0v) is 28.5. The SMILES string of the molecule is CCO/N=C1\CC[C@@]2(C)C(CC[C@]3(C)C2CC=C2C4CC(C)(C)CCC4(C(=O)N4CCNC(C)C4)CC[C@]23C)C1(C)C. The molecule has 0 aromatic carbocycles. The van der Waals surface area contributed by atoms with Crippen LogP contribution >= 0.6 is 0 Å². The van der Waals surface area contributed by atoms with Gasteiger partial charge in [-0.15, -0.1) is 0 Å². The molecule has 8 atom stereocenters. The summed E-state index contributed by atoms with van der Waals surface area (Å²) in [4.78, 5) is 22.5. The topological polar surface area (TPSA) is 53.9 Å². The smallest absolute Gasteiger partial charge is 0.229 e. The lowest BCUT2D eigenvalue weighted by molar-refractivity contribution is -0.175. The Hall–Kier alpha value is -1.36. The van der Waals surface area contributed by atoms with Crippen molar-refractivity contribution in [3.63, 3.8) is 0 Å². The summed E-state index contributed by atoms with van der Waals surface area (Å²) in [6, 6.07) is 0.384. The van der Waals surface area contributed by atoms with Crippen molar-refractivity contribution >= 4 is 11.6 Å². The van der Waals surface area contributed by atoms with Crippen LogP contribution in [0.25, 0.3) is 0 Å². The van der Waals surface area contributed by atoms with Gasteiger partial charge in [0.2, 0.25) is 5.91 Å². The van der Waals surface area contributed by atoms with Gasteiger partial charge in [0.05, 0.1) is 11.1 Å². The molecule has 0 aromatic rings. The zero-order valence-electron chi connectivity index (χ0n) is 28.5. The number of fused-ring (bicyclic) bond motifs is 7. The van der Waals surface area contributed by atoms with E-state index in [9.17, 15) is 4.79 Å². The Morgan fingerprint density at radius 1 is 1.02 bits per heavy atom. The second kappa shape index (κ2) is 10.1. The molecule has 1 amide bonds. The van der Waals surface area contributed by atoms with Crippen LogP contribution in [0.5, 0.6) is 0 Å². The average molecular weight is 580 g/mol. The molecule has 236 valence electrons. The van der Waals surface area contributed by atoms with Gasteiger partial charge < -0.3 is 15.1 Å². The molecule has 5 unspecified atom stereocenters. The number of carbonyl (C=O) groups is 1. The molecule has 0 radical (unpaired) electrons. The van der Waals surface area contributed by atoms with Crippen molar-refractivity contribution in [3.05, 3.63) is 11.6 Å². The largest absolute Gasteiger partial charge is 0.396 e. The lowest BCUT2D eigenvalue weighted by Gasteiger charge is -2.71. The Bertz CT molecular complexity index is 1160. The van der Waals surface area contributed by atoms with E-state index in [2.05, 4.69) is 76.8 Å². The minimum atomic E-state index is -0.209. The van der Waals surface area contributed by atoms with E-state index >= 15 is 0 Å². The molecule has 1 saturated heterocycles. The predicted octanol–water partition coefficient (Wildman–Crippen LogP) is 8.00. The van der Waals surface area contributed by atoms with E-state index in [1.165, 1.54) is 37.8 Å². The van der Waals surface area contributed by atoms with Crippen molar-refractivity contribution in [1.82, 2.24) is 10.2 Å². The molecule has 5 fully saturated rings. The summed E-state index contributed by atoms with van der Waals surface area (Å²) in [5, 5.41) is 8.23. The van der Waals surface area contributed by atoms with E-state index in [1.54, 1.807) is 5.57 Å². The van der Waals surface area contributed by atoms with Crippen molar-refractivity contribution in [1.29, 1.82) is 0 Å². The summed E-state index contributed by atoms with van der Waals surface area (Å²) in [5.41, 5.74) is 3.82. The Balaban J connectivity index is 1.38. The normalized spacial score (nSPS) is 46.9. The van der Waals surface area contributed by atoms with E-state index in [0.717, 1.165) is 51.7 Å². The maximum Gasteiger partial charge on any atom is 0.229 e. The van der Waals surface area contributed by atoms with Gasteiger partial charge in [-0.3, -0.25) is 4.79 Å². The first-order valence-electron chi connectivity index (χ1n) is 17.6. The maximum absolute atomic E-state index is 14.7. The van der Waals surface area contributed by atoms with Gasteiger partial charge in [-0.05, 0) is 117 Å². The summed E-state index contributed by atoms with van der Waals surface area (Å²) >= 11 is 0. The van der Waals surface area contributed by atoms with Crippen LogP contribution in [0.15, 0.2) is 16.8 Å². The Morgan fingerprint density at radius 2 is 1.76 bits per heavy atom. The molecular formula is C37H61N3O2. The minimum absolute atomic E-state index is 0.0658. The highest BCUT2D eigenvalue weighted by molar-refractivity contribution is 5.90. The fourth-order valence-electron chi connectivity index (χ4n) is 12.2. The summed E-state index contributed by atoms with van der Waals surface area (Å²) in [5.74, 6) is 2.16. The number of carbonyl (C=O) groups excluding carboxylic acids is 1. The highest BCUT2D eigenvalue weighted by atomic mass is 16.6. The molecule has 5 aliphatic carbocycles. The molecule has 1 N–H and O–H groups in total. The predicted molar refractivity (Wildman–Crippen MR) is 172 cm³/mol. The first-order chi connectivity index (χ1) is 19.6. The van der Waals surface area contributed by atoms with Gasteiger partial charge >= 0.3 is 0 Å². The molecule has 42 heavy (non-hydrogen) atoms. The lowest BCUT2D eigenvalue weighted by atomic mass is 9.33. The molecular weight excluding hydrogens is 518 g/mol. The summed E-state index contributed by atoms with van der Waals surface area (Å²) < 4.78 is 0. The van der Waals surface area contributed by atoms with Crippen LogP contribution in [0.3, 0.4) is 0 Å². The van der Waals surface area contributed by atoms with E-state index in [4.69, 9.17) is 4.84 Å². The van der Waals surface area contributed by atoms with Crippen LogP contribution in [0.1, 0.15) is 127 Å². The number of oxime groups is 1. The number of hydrogen-bond donors (Lipinski definition) is 1. The van der Waals surface area contributed by atoms with Gasteiger partial charge in [-0.1, -0.05) is 65.3 Å². The molecule has 1 aliphatic heterocycles. The van der Waals surface area contributed by atoms with Crippen molar-refractivity contribution in [3.8, 4) is 0 Å². The highest BCUT2D eigenvalue weighted by Gasteiger charge is 2.69. The van der Waals surface area contributed by atoms with E-state index in [1.807, 2.05) is 6.92 Å². The maximum atomic E-state index is 14.7. The van der Waals surface area contributed by atoms with E-state index in [-0.39, 0.29) is 27.1 Å². The Labute approximate surface area is 257 Å². The number of piperazine rings is 1. The monoisotopic (exact) mass is 579 g/mol. The quantitative estimate of drug-likeness (QED) is 0.272. The van der Waals surface area contributed by atoms with Crippen LogP contribution in [0, 0.1) is 50.2 Å². The van der Waals surface area contributed by atoms with Crippen LogP contribution in [-0.4, -0.2) is 48.8 Å². The molecule has 4 saturated carbocycles.